The monoisotopic (exact) mass is 369 g/mol. The number of carbonyl (C=O) groups excluding carboxylic acids is 1. The lowest BCUT2D eigenvalue weighted by atomic mass is 10.0. The molecule has 4 aromatic rings. The summed E-state index contributed by atoms with van der Waals surface area (Å²) in [5.41, 5.74) is 2.47. The van der Waals surface area contributed by atoms with Crippen LogP contribution in [0.2, 0.25) is 0 Å². The molecule has 6 heteroatoms. The van der Waals surface area contributed by atoms with Gasteiger partial charge in [-0.3, -0.25) is 14.2 Å². The van der Waals surface area contributed by atoms with Gasteiger partial charge < -0.3 is 4.57 Å². The summed E-state index contributed by atoms with van der Waals surface area (Å²) in [5.74, 6) is -0.740. The number of halogens is 1. The van der Waals surface area contributed by atoms with Crippen molar-refractivity contribution in [1.29, 1.82) is 5.26 Å². The third kappa shape index (κ3) is 2.17. The van der Waals surface area contributed by atoms with Crippen LogP contribution in [0, 0.1) is 17.1 Å². The number of hydrogen-bond acceptors (Lipinski definition) is 3. The first-order valence-electron chi connectivity index (χ1n) is 8.66. The summed E-state index contributed by atoms with van der Waals surface area (Å²) in [6.07, 6.45) is 1.62. The summed E-state index contributed by atoms with van der Waals surface area (Å²) in [6, 6.07) is 16.5. The minimum Gasteiger partial charge on any atom is -0.334 e. The van der Waals surface area contributed by atoms with Gasteiger partial charge >= 0.3 is 0 Å². The van der Waals surface area contributed by atoms with Crippen molar-refractivity contribution < 1.29 is 9.18 Å². The molecule has 3 heterocycles. The molecule has 0 saturated heterocycles. The number of aromatic nitrogens is 2. The highest BCUT2D eigenvalue weighted by atomic mass is 19.1. The van der Waals surface area contributed by atoms with Crippen molar-refractivity contribution in [2.24, 2.45) is 0 Å². The summed E-state index contributed by atoms with van der Waals surface area (Å²) >= 11 is 0. The molecule has 5 nitrogen and oxygen atoms in total. The lowest BCUT2D eigenvalue weighted by molar-refractivity contribution is 0.0968. The lowest BCUT2D eigenvalue weighted by Crippen LogP contribution is -2.20. The molecule has 0 saturated carbocycles. The highest BCUT2D eigenvalue weighted by Crippen LogP contribution is 2.33. The van der Waals surface area contributed by atoms with E-state index in [1.807, 2.05) is 4.57 Å². The summed E-state index contributed by atoms with van der Waals surface area (Å²) < 4.78 is 17.0. The van der Waals surface area contributed by atoms with E-state index >= 15 is 0 Å². The fourth-order valence-electron chi connectivity index (χ4n) is 3.83. The number of hydrogen-bond donors (Lipinski definition) is 0. The molecule has 0 atom stereocenters. The Balaban J connectivity index is 1.91. The van der Waals surface area contributed by atoms with Crippen LogP contribution in [0.5, 0.6) is 0 Å². The molecular formula is C22H12FN3O2. The van der Waals surface area contributed by atoms with Crippen molar-refractivity contribution in [2.45, 2.75) is 6.54 Å². The predicted octanol–water partition coefficient (Wildman–Crippen LogP) is 3.53. The number of carbonyl (C=O) groups is 1. The van der Waals surface area contributed by atoms with Crippen LogP contribution in [0.25, 0.3) is 22.3 Å². The van der Waals surface area contributed by atoms with Crippen LogP contribution < -0.4 is 5.43 Å². The first-order valence-corrected chi connectivity index (χ1v) is 8.66. The minimum atomic E-state index is -0.376. The number of nitriles is 1. The van der Waals surface area contributed by atoms with Crippen molar-refractivity contribution >= 4 is 16.8 Å². The first kappa shape index (κ1) is 16.2. The van der Waals surface area contributed by atoms with E-state index in [1.54, 1.807) is 48.7 Å². The van der Waals surface area contributed by atoms with Gasteiger partial charge in [0.05, 0.1) is 28.5 Å². The smallest absolute Gasteiger partial charge is 0.268 e. The summed E-state index contributed by atoms with van der Waals surface area (Å²) in [7, 11) is 0. The van der Waals surface area contributed by atoms with Gasteiger partial charge in [0.1, 0.15) is 11.4 Å². The maximum atomic E-state index is 13.7. The Labute approximate surface area is 158 Å². The topological polar surface area (TPSA) is 67.8 Å². The van der Waals surface area contributed by atoms with Crippen molar-refractivity contribution in [2.75, 3.05) is 0 Å². The zero-order chi connectivity index (χ0) is 19.4. The van der Waals surface area contributed by atoms with Crippen LogP contribution in [0.3, 0.4) is 0 Å². The second-order valence-corrected chi connectivity index (χ2v) is 6.68. The summed E-state index contributed by atoms with van der Waals surface area (Å²) in [4.78, 5) is 25.9. The van der Waals surface area contributed by atoms with Gasteiger partial charge in [0, 0.05) is 18.1 Å². The normalized spacial score (nSPS) is 12.1. The molecule has 0 aliphatic carbocycles. The Hall–Kier alpha value is -3.98. The maximum absolute atomic E-state index is 13.7. The molecule has 0 spiro atoms. The Kier molecular flexibility index (Phi) is 3.34. The molecule has 0 bridgehead atoms. The maximum Gasteiger partial charge on any atom is 0.268 e. The van der Waals surface area contributed by atoms with Crippen LogP contribution in [-0.4, -0.2) is 15.0 Å². The van der Waals surface area contributed by atoms with Crippen LogP contribution in [0.1, 0.15) is 21.5 Å². The van der Waals surface area contributed by atoms with Crippen LogP contribution in [0.4, 0.5) is 4.39 Å². The van der Waals surface area contributed by atoms with Gasteiger partial charge in [-0.25, -0.2) is 4.39 Å². The van der Waals surface area contributed by atoms with E-state index in [1.165, 1.54) is 16.7 Å². The van der Waals surface area contributed by atoms with Gasteiger partial charge in [-0.05, 0) is 48.0 Å². The van der Waals surface area contributed by atoms with Gasteiger partial charge in [0.25, 0.3) is 5.91 Å². The third-order valence-corrected chi connectivity index (χ3v) is 5.05. The standard InChI is InChI=1S/C22H12FN3O2/c23-15-4-1-3-14(9-15)12-26-18-10-13(11-24)6-7-16(18)21(27)19-20(26)17-5-2-8-25(17)22(19)28/h1-10H,12H2. The number of fused-ring (bicyclic) bond motifs is 4. The van der Waals surface area contributed by atoms with Crippen molar-refractivity contribution in [3.63, 3.8) is 0 Å². The fraction of sp³-hybridized carbons (Fsp3) is 0.0455. The molecular weight excluding hydrogens is 357 g/mol. The molecule has 0 unspecified atom stereocenters. The van der Waals surface area contributed by atoms with E-state index in [4.69, 9.17) is 0 Å². The molecule has 0 amide bonds. The Morgan fingerprint density at radius 2 is 1.89 bits per heavy atom. The molecule has 28 heavy (non-hydrogen) atoms. The van der Waals surface area contributed by atoms with E-state index in [2.05, 4.69) is 6.07 Å². The van der Waals surface area contributed by atoms with Gasteiger partial charge in [0.2, 0.25) is 5.43 Å². The molecule has 1 aliphatic rings. The van der Waals surface area contributed by atoms with Crippen LogP contribution >= 0.6 is 0 Å². The molecule has 2 aromatic heterocycles. The zero-order valence-corrected chi connectivity index (χ0v) is 14.5. The Bertz CT molecular complexity index is 1410. The van der Waals surface area contributed by atoms with E-state index in [0.717, 1.165) is 0 Å². The molecule has 134 valence electrons. The minimum absolute atomic E-state index is 0.101. The molecule has 0 N–H and O–H groups in total. The van der Waals surface area contributed by atoms with Crippen LogP contribution in [0.15, 0.2) is 65.6 Å². The van der Waals surface area contributed by atoms with Gasteiger partial charge in [-0.2, -0.15) is 5.26 Å². The molecule has 5 rings (SSSR count). The van der Waals surface area contributed by atoms with E-state index < -0.39 is 0 Å². The SMILES string of the molecule is N#Cc1ccc2c(=O)c3c(n(Cc4cccc(F)c4)c2c1)-c1cccn1C3=O. The average Bonchev–Trinajstić information content (AvgIpc) is 3.27. The molecule has 0 radical (unpaired) electrons. The Morgan fingerprint density at radius 3 is 2.68 bits per heavy atom. The number of pyridine rings is 1. The van der Waals surface area contributed by atoms with Gasteiger partial charge in [-0.1, -0.05) is 12.1 Å². The van der Waals surface area contributed by atoms with E-state index in [0.29, 0.717) is 33.4 Å². The first-order chi connectivity index (χ1) is 13.6. The highest BCUT2D eigenvalue weighted by Gasteiger charge is 2.32. The van der Waals surface area contributed by atoms with Crippen molar-refractivity contribution in [3.8, 4) is 17.5 Å². The second-order valence-electron chi connectivity index (χ2n) is 6.68. The third-order valence-electron chi connectivity index (χ3n) is 5.05. The zero-order valence-electron chi connectivity index (χ0n) is 14.5. The predicted molar refractivity (Wildman–Crippen MR) is 102 cm³/mol. The second kappa shape index (κ2) is 5.76. The largest absolute Gasteiger partial charge is 0.334 e. The molecule has 0 fully saturated rings. The fourth-order valence-corrected chi connectivity index (χ4v) is 3.83. The Morgan fingerprint density at radius 1 is 1.04 bits per heavy atom. The number of nitrogens with zero attached hydrogens (tertiary/aromatic N) is 3. The van der Waals surface area contributed by atoms with Crippen molar-refractivity contribution in [1.82, 2.24) is 9.13 Å². The quantitative estimate of drug-likeness (QED) is 0.478. The number of benzene rings is 2. The average molecular weight is 369 g/mol. The van der Waals surface area contributed by atoms with Gasteiger partial charge in [-0.15, -0.1) is 0 Å². The summed E-state index contributed by atoms with van der Waals surface area (Å²) in [6.45, 7) is 0.254. The van der Waals surface area contributed by atoms with E-state index in [9.17, 15) is 19.2 Å². The highest BCUT2D eigenvalue weighted by molar-refractivity contribution is 6.10. The molecule has 2 aromatic carbocycles. The van der Waals surface area contributed by atoms with E-state index in [-0.39, 0.29) is 29.3 Å². The molecule has 1 aliphatic heterocycles. The number of rotatable bonds is 2. The van der Waals surface area contributed by atoms with Crippen molar-refractivity contribution in [3.05, 3.63) is 93.5 Å². The lowest BCUT2D eigenvalue weighted by Gasteiger charge is -2.16. The van der Waals surface area contributed by atoms with Gasteiger partial charge in [0.15, 0.2) is 0 Å². The summed E-state index contributed by atoms with van der Waals surface area (Å²) in [5, 5.41) is 9.65. The van der Waals surface area contributed by atoms with Crippen LogP contribution in [-0.2, 0) is 6.54 Å².